The van der Waals surface area contributed by atoms with Gasteiger partial charge in [-0.15, -0.1) is 0 Å². The molecule has 5 nitrogen and oxygen atoms in total. The summed E-state index contributed by atoms with van der Waals surface area (Å²) in [6.07, 6.45) is 3.30. The predicted octanol–water partition coefficient (Wildman–Crippen LogP) is 2.67. The van der Waals surface area contributed by atoms with E-state index < -0.39 is 5.97 Å². The Morgan fingerprint density at radius 2 is 1.85 bits per heavy atom. The van der Waals surface area contributed by atoms with Gasteiger partial charge < -0.3 is 9.57 Å². The van der Waals surface area contributed by atoms with Gasteiger partial charge in [-0.05, 0) is 31.2 Å². The molecule has 102 valence electrons. The molecule has 0 aliphatic heterocycles. The van der Waals surface area contributed by atoms with Crippen molar-refractivity contribution in [2.75, 3.05) is 7.11 Å². The first-order chi connectivity index (χ1) is 9.72. The highest BCUT2D eigenvalue weighted by Gasteiger charge is 2.13. The highest BCUT2D eigenvalue weighted by atomic mass is 16.7. The summed E-state index contributed by atoms with van der Waals surface area (Å²) in [6.45, 7) is 1.75. The van der Waals surface area contributed by atoms with Crippen LogP contribution in [0.5, 0.6) is 5.75 Å². The molecule has 2 aromatic rings. The summed E-state index contributed by atoms with van der Waals surface area (Å²) in [5.74, 6) is -0.106. The monoisotopic (exact) mass is 270 g/mol. The molecule has 20 heavy (non-hydrogen) atoms. The van der Waals surface area contributed by atoms with E-state index in [0.29, 0.717) is 17.0 Å². The Balaban J connectivity index is 2.12. The third kappa shape index (κ3) is 3.20. The maximum absolute atomic E-state index is 11.9. The SMILES string of the molecule is COc1ccccc1C(=O)O/N=C(\C)c1ccncc1. The third-order valence-corrected chi connectivity index (χ3v) is 2.69. The lowest BCUT2D eigenvalue weighted by Crippen LogP contribution is -2.05. The van der Waals surface area contributed by atoms with Crippen LogP contribution in [-0.4, -0.2) is 23.8 Å². The Kier molecular flexibility index (Phi) is 4.44. The fourth-order valence-electron chi connectivity index (χ4n) is 1.62. The Bertz CT molecular complexity index is 624. The highest BCUT2D eigenvalue weighted by molar-refractivity contribution is 5.99. The van der Waals surface area contributed by atoms with E-state index in [1.807, 2.05) is 0 Å². The van der Waals surface area contributed by atoms with Gasteiger partial charge in [-0.2, -0.15) is 0 Å². The van der Waals surface area contributed by atoms with E-state index in [-0.39, 0.29) is 0 Å². The van der Waals surface area contributed by atoms with Gasteiger partial charge in [0, 0.05) is 18.0 Å². The minimum atomic E-state index is -0.559. The number of carbonyl (C=O) groups excluding carboxylic acids is 1. The Morgan fingerprint density at radius 3 is 2.55 bits per heavy atom. The van der Waals surface area contributed by atoms with Crippen molar-refractivity contribution in [2.24, 2.45) is 5.16 Å². The van der Waals surface area contributed by atoms with E-state index in [2.05, 4.69) is 10.1 Å². The summed E-state index contributed by atoms with van der Waals surface area (Å²) in [7, 11) is 1.50. The second-order valence-electron chi connectivity index (χ2n) is 3.99. The van der Waals surface area contributed by atoms with Crippen molar-refractivity contribution in [1.29, 1.82) is 0 Å². The fraction of sp³-hybridized carbons (Fsp3) is 0.133. The number of para-hydroxylation sites is 1. The second-order valence-corrected chi connectivity index (χ2v) is 3.99. The average Bonchev–Trinajstić information content (AvgIpc) is 2.53. The molecule has 0 fully saturated rings. The summed E-state index contributed by atoms with van der Waals surface area (Å²) in [4.78, 5) is 20.8. The van der Waals surface area contributed by atoms with Gasteiger partial charge in [0.05, 0.1) is 12.8 Å². The zero-order valence-electron chi connectivity index (χ0n) is 11.2. The van der Waals surface area contributed by atoms with E-state index in [9.17, 15) is 4.79 Å². The largest absolute Gasteiger partial charge is 0.496 e. The molecule has 0 spiro atoms. The number of carbonyl (C=O) groups is 1. The summed E-state index contributed by atoms with van der Waals surface area (Å²) in [5, 5.41) is 3.83. The van der Waals surface area contributed by atoms with Crippen molar-refractivity contribution in [3.05, 3.63) is 59.9 Å². The van der Waals surface area contributed by atoms with Gasteiger partial charge in [-0.1, -0.05) is 17.3 Å². The lowest BCUT2D eigenvalue weighted by atomic mass is 10.2. The lowest BCUT2D eigenvalue weighted by molar-refractivity contribution is 0.0512. The molecule has 1 aromatic carbocycles. The minimum absolute atomic E-state index is 0.335. The molecule has 2 rings (SSSR count). The van der Waals surface area contributed by atoms with Gasteiger partial charge >= 0.3 is 5.97 Å². The van der Waals surface area contributed by atoms with Crippen LogP contribution >= 0.6 is 0 Å². The Morgan fingerprint density at radius 1 is 1.15 bits per heavy atom. The summed E-state index contributed by atoms with van der Waals surface area (Å²) >= 11 is 0. The zero-order chi connectivity index (χ0) is 14.4. The Labute approximate surface area is 116 Å². The van der Waals surface area contributed by atoms with Gasteiger partial charge in [-0.25, -0.2) is 4.79 Å². The van der Waals surface area contributed by atoms with Crippen LogP contribution in [0.15, 0.2) is 53.9 Å². The quantitative estimate of drug-likeness (QED) is 0.487. The molecular formula is C15H14N2O3. The number of benzene rings is 1. The van der Waals surface area contributed by atoms with E-state index in [4.69, 9.17) is 9.57 Å². The summed E-state index contributed by atoms with van der Waals surface area (Å²) in [5.41, 5.74) is 1.77. The van der Waals surface area contributed by atoms with Gasteiger partial charge in [0.2, 0.25) is 0 Å². The molecule has 0 aliphatic rings. The van der Waals surface area contributed by atoms with Gasteiger partial charge in [0.25, 0.3) is 0 Å². The molecule has 0 unspecified atom stereocenters. The van der Waals surface area contributed by atoms with Crippen molar-refractivity contribution < 1.29 is 14.4 Å². The van der Waals surface area contributed by atoms with Gasteiger partial charge in [0.1, 0.15) is 11.3 Å². The van der Waals surface area contributed by atoms with E-state index in [1.165, 1.54) is 7.11 Å². The number of rotatable bonds is 4. The summed E-state index contributed by atoms with van der Waals surface area (Å²) < 4.78 is 5.10. The number of ether oxygens (including phenoxy) is 1. The topological polar surface area (TPSA) is 60.8 Å². The highest BCUT2D eigenvalue weighted by Crippen LogP contribution is 2.18. The first-order valence-electron chi connectivity index (χ1n) is 6.01. The molecule has 0 bridgehead atoms. The molecule has 1 aromatic heterocycles. The van der Waals surface area contributed by atoms with Crippen LogP contribution in [0.2, 0.25) is 0 Å². The van der Waals surface area contributed by atoms with Crippen LogP contribution in [-0.2, 0) is 4.84 Å². The minimum Gasteiger partial charge on any atom is -0.496 e. The normalized spacial score (nSPS) is 11.0. The van der Waals surface area contributed by atoms with E-state index in [0.717, 1.165) is 5.56 Å². The lowest BCUT2D eigenvalue weighted by Gasteiger charge is -2.05. The van der Waals surface area contributed by atoms with Crippen LogP contribution in [0.3, 0.4) is 0 Å². The van der Waals surface area contributed by atoms with Crippen LogP contribution < -0.4 is 4.74 Å². The van der Waals surface area contributed by atoms with E-state index in [1.54, 1.807) is 55.7 Å². The predicted molar refractivity (Wildman–Crippen MR) is 74.9 cm³/mol. The molecule has 0 saturated carbocycles. The zero-order valence-corrected chi connectivity index (χ0v) is 11.2. The molecule has 0 saturated heterocycles. The number of hydrogen-bond donors (Lipinski definition) is 0. The van der Waals surface area contributed by atoms with Gasteiger partial charge in [0.15, 0.2) is 0 Å². The number of pyridine rings is 1. The van der Waals surface area contributed by atoms with Gasteiger partial charge in [-0.3, -0.25) is 4.98 Å². The number of nitrogens with zero attached hydrogens (tertiary/aromatic N) is 2. The van der Waals surface area contributed by atoms with Crippen molar-refractivity contribution in [3.63, 3.8) is 0 Å². The summed E-state index contributed by atoms with van der Waals surface area (Å²) in [6, 6.07) is 10.4. The van der Waals surface area contributed by atoms with Crippen molar-refractivity contribution in [2.45, 2.75) is 6.92 Å². The maximum Gasteiger partial charge on any atom is 0.369 e. The number of aromatic nitrogens is 1. The van der Waals surface area contributed by atoms with Crippen LogP contribution in [0.25, 0.3) is 0 Å². The van der Waals surface area contributed by atoms with Crippen molar-refractivity contribution >= 4 is 11.7 Å². The molecule has 0 N–H and O–H groups in total. The molecular weight excluding hydrogens is 256 g/mol. The standard InChI is InChI=1S/C15H14N2O3/c1-11(12-7-9-16-10-8-12)17-20-15(18)13-5-3-4-6-14(13)19-2/h3-10H,1-2H3/b17-11+. The third-order valence-electron chi connectivity index (χ3n) is 2.69. The number of hydrogen-bond acceptors (Lipinski definition) is 5. The molecule has 0 amide bonds. The molecule has 0 atom stereocenters. The average molecular weight is 270 g/mol. The number of methoxy groups -OCH3 is 1. The molecule has 0 aliphatic carbocycles. The van der Waals surface area contributed by atoms with Crippen LogP contribution in [0, 0.1) is 0 Å². The molecule has 1 heterocycles. The fourth-order valence-corrected chi connectivity index (χ4v) is 1.62. The second kappa shape index (κ2) is 6.47. The van der Waals surface area contributed by atoms with Crippen molar-refractivity contribution in [3.8, 4) is 5.75 Å². The van der Waals surface area contributed by atoms with Crippen molar-refractivity contribution in [1.82, 2.24) is 4.98 Å². The first kappa shape index (κ1) is 13.7. The molecule has 5 heteroatoms. The smallest absolute Gasteiger partial charge is 0.369 e. The maximum atomic E-state index is 11.9. The van der Waals surface area contributed by atoms with E-state index >= 15 is 0 Å². The number of oxime groups is 1. The molecule has 0 radical (unpaired) electrons. The van der Waals surface area contributed by atoms with Crippen LogP contribution in [0.4, 0.5) is 0 Å². The Hall–Kier alpha value is -2.69. The van der Waals surface area contributed by atoms with Crippen LogP contribution in [0.1, 0.15) is 22.8 Å². The first-order valence-corrected chi connectivity index (χ1v) is 6.01.